The molecule has 1 heterocycles. The van der Waals surface area contributed by atoms with Gasteiger partial charge in [0.25, 0.3) is 0 Å². The van der Waals surface area contributed by atoms with Crippen molar-refractivity contribution in [1.29, 1.82) is 0 Å². The van der Waals surface area contributed by atoms with Crippen molar-refractivity contribution in [2.75, 3.05) is 19.0 Å². The van der Waals surface area contributed by atoms with Crippen LogP contribution < -0.4 is 14.2 Å². The van der Waals surface area contributed by atoms with Crippen molar-refractivity contribution < 1.29 is 28.2 Å². The fourth-order valence-electron chi connectivity index (χ4n) is 3.32. The van der Waals surface area contributed by atoms with E-state index in [4.69, 9.17) is 14.2 Å². The minimum atomic E-state index is -0.504. The minimum Gasteiger partial charge on any atom is -0.486 e. The number of carbonyl (C=O) groups is 2. The molecule has 2 aliphatic rings. The monoisotopic (exact) mass is 388 g/mol. The van der Waals surface area contributed by atoms with Gasteiger partial charge in [0.15, 0.2) is 17.3 Å². The highest BCUT2D eigenvalue weighted by Gasteiger charge is 2.33. The molecule has 27 heavy (non-hydrogen) atoms. The van der Waals surface area contributed by atoms with Gasteiger partial charge in [-0.2, -0.15) is 0 Å². The van der Waals surface area contributed by atoms with E-state index in [1.54, 1.807) is 13.0 Å². The number of halogens is 1. The summed E-state index contributed by atoms with van der Waals surface area (Å²) >= 11 is 1.29. The summed E-state index contributed by atoms with van der Waals surface area (Å²) in [5.74, 6) is 0.171. The highest BCUT2D eigenvalue weighted by molar-refractivity contribution is 8.00. The largest absolute Gasteiger partial charge is 0.486 e. The van der Waals surface area contributed by atoms with Crippen molar-refractivity contribution >= 4 is 23.5 Å². The molecule has 0 saturated heterocycles. The van der Waals surface area contributed by atoms with Crippen molar-refractivity contribution in [2.24, 2.45) is 0 Å². The van der Waals surface area contributed by atoms with E-state index >= 15 is 0 Å². The SMILES string of the molecule is CC1CC(=O)c2c(OC(=O)CSc3ccc4c(c3)OCCO4)ccc(F)c21. The average molecular weight is 388 g/mol. The molecule has 0 amide bonds. The number of ether oxygens (including phenoxy) is 3. The molecule has 0 bridgehead atoms. The van der Waals surface area contributed by atoms with Crippen LogP contribution in [0, 0.1) is 5.82 Å². The Morgan fingerprint density at radius 1 is 1.22 bits per heavy atom. The first-order chi connectivity index (χ1) is 13.0. The second-order valence-electron chi connectivity index (χ2n) is 6.43. The molecule has 0 fully saturated rings. The fourth-order valence-corrected chi connectivity index (χ4v) is 4.02. The molecule has 7 heteroatoms. The summed E-state index contributed by atoms with van der Waals surface area (Å²) in [5.41, 5.74) is 0.532. The van der Waals surface area contributed by atoms with Crippen LogP contribution in [0.15, 0.2) is 35.2 Å². The Labute approximate surface area is 159 Å². The number of benzene rings is 2. The number of fused-ring (bicyclic) bond motifs is 2. The Hall–Kier alpha value is -2.54. The zero-order chi connectivity index (χ0) is 19.0. The Balaban J connectivity index is 1.44. The third kappa shape index (κ3) is 3.51. The van der Waals surface area contributed by atoms with Crippen LogP contribution in [0.25, 0.3) is 0 Å². The van der Waals surface area contributed by atoms with Crippen molar-refractivity contribution in [3.63, 3.8) is 0 Å². The van der Waals surface area contributed by atoms with Gasteiger partial charge in [-0.15, -0.1) is 11.8 Å². The third-order valence-corrected chi connectivity index (χ3v) is 5.48. The number of thioether (sulfide) groups is 1. The van der Waals surface area contributed by atoms with Crippen LogP contribution in [0.4, 0.5) is 4.39 Å². The lowest BCUT2D eigenvalue weighted by atomic mass is 10.0. The van der Waals surface area contributed by atoms with Gasteiger partial charge in [0.1, 0.15) is 24.8 Å². The second-order valence-corrected chi connectivity index (χ2v) is 7.48. The van der Waals surface area contributed by atoms with Crippen LogP contribution >= 0.6 is 11.8 Å². The van der Waals surface area contributed by atoms with Gasteiger partial charge in [-0.05, 0) is 36.2 Å². The maximum Gasteiger partial charge on any atom is 0.321 e. The molecule has 0 N–H and O–H groups in total. The number of carbonyl (C=O) groups excluding carboxylic acids is 2. The number of ketones is 1. The van der Waals surface area contributed by atoms with Crippen LogP contribution in [0.3, 0.4) is 0 Å². The summed E-state index contributed by atoms with van der Waals surface area (Å²) in [4.78, 5) is 25.2. The highest BCUT2D eigenvalue weighted by Crippen LogP contribution is 2.40. The number of Topliss-reactive ketones (excluding diaryl/α,β-unsaturated/α-hetero) is 1. The molecular formula is C20H17FO5S. The van der Waals surface area contributed by atoms with E-state index in [-0.39, 0.29) is 35.2 Å². The smallest absolute Gasteiger partial charge is 0.321 e. The maximum atomic E-state index is 14.0. The summed E-state index contributed by atoms with van der Waals surface area (Å²) in [7, 11) is 0. The number of esters is 1. The van der Waals surface area contributed by atoms with Crippen LogP contribution in [0.1, 0.15) is 35.2 Å². The summed E-state index contributed by atoms with van der Waals surface area (Å²) < 4.78 is 30.4. The quantitative estimate of drug-likeness (QED) is 0.448. The van der Waals surface area contributed by atoms with Crippen molar-refractivity contribution in [2.45, 2.75) is 24.2 Å². The van der Waals surface area contributed by atoms with Gasteiger partial charge in [0.2, 0.25) is 0 Å². The topological polar surface area (TPSA) is 61.8 Å². The molecule has 5 nitrogen and oxygen atoms in total. The van der Waals surface area contributed by atoms with Crippen LogP contribution in [0.2, 0.25) is 0 Å². The van der Waals surface area contributed by atoms with E-state index in [0.29, 0.717) is 30.3 Å². The Kier molecular flexibility index (Phi) is 4.78. The number of hydrogen-bond acceptors (Lipinski definition) is 6. The first-order valence-electron chi connectivity index (χ1n) is 8.61. The molecule has 0 spiro atoms. The first-order valence-corrected chi connectivity index (χ1v) is 9.60. The number of rotatable bonds is 4. The lowest BCUT2D eigenvalue weighted by molar-refractivity contribution is -0.131. The molecule has 1 unspecified atom stereocenters. The molecule has 1 aliphatic carbocycles. The molecule has 0 saturated carbocycles. The van der Waals surface area contributed by atoms with Gasteiger partial charge in [0, 0.05) is 16.9 Å². The predicted octanol–water partition coefficient (Wildman–Crippen LogP) is 3.98. The van der Waals surface area contributed by atoms with Crippen LogP contribution in [0.5, 0.6) is 17.2 Å². The summed E-state index contributed by atoms with van der Waals surface area (Å²) in [5, 5.41) is 0. The van der Waals surface area contributed by atoms with Gasteiger partial charge >= 0.3 is 5.97 Å². The van der Waals surface area contributed by atoms with E-state index < -0.39 is 11.8 Å². The average Bonchev–Trinajstić information content (AvgIpc) is 2.97. The zero-order valence-corrected chi connectivity index (χ0v) is 15.4. The molecule has 0 radical (unpaired) electrons. The normalized spacial score (nSPS) is 17.6. The van der Waals surface area contributed by atoms with Crippen molar-refractivity contribution in [1.82, 2.24) is 0 Å². The summed E-state index contributed by atoms with van der Waals surface area (Å²) in [6, 6.07) is 8.04. The van der Waals surface area contributed by atoms with Gasteiger partial charge in [0.05, 0.1) is 11.3 Å². The van der Waals surface area contributed by atoms with E-state index in [9.17, 15) is 14.0 Å². The Morgan fingerprint density at radius 3 is 2.81 bits per heavy atom. The summed E-state index contributed by atoms with van der Waals surface area (Å²) in [6.45, 7) is 2.80. The van der Waals surface area contributed by atoms with Crippen molar-refractivity contribution in [3.8, 4) is 17.2 Å². The van der Waals surface area contributed by atoms with Gasteiger partial charge < -0.3 is 14.2 Å². The number of hydrogen-bond donors (Lipinski definition) is 0. The molecule has 1 aliphatic heterocycles. The highest BCUT2D eigenvalue weighted by atomic mass is 32.2. The Morgan fingerprint density at radius 2 is 2.00 bits per heavy atom. The van der Waals surface area contributed by atoms with Gasteiger partial charge in [-0.1, -0.05) is 6.92 Å². The summed E-state index contributed by atoms with van der Waals surface area (Å²) in [6.07, 6.45) is 0.229. The van der Waals surface area contributed by atoms with E-state index in [1.807, 2.05) is 12.1 Å². The van der Waals surface area contributed by atoms with Gasteiger partial charge in [-0.3, -0.25) is 9.59 Å². The van der Waals surface area contributed by atoms with Crippen LogP contribution in [-0.2, 0) is 4.79 Å². The lowest BCUT2D eigenvalue weighted by Gasteiger charge is -2.18. The molecule has 2 aromatic carbocycles. The van der Waals surface area contributed by atoms with Crippen molar-refractivity contribution in [3.05, 3.63) is 47.3 Å². The second kappa shape index (κ2) is 7.23. The molecule has 4 rings (SSSR count). The maximum absolute atomic E-state index is 14.0. The fraction of sp³-hybridized carbons (Fsp3) is 0.300. The van der Waals surface area contributed by atoms with E-state index in [2.05, 4.69) is 0 Å². The standard InChI is InChI=1S/C20H17FO5S/c1-11-8-14(22)20-16(5-3-13(21)19(11)20)26-18(23)10-27-12-2-4-15-17(9-12)25-7-6-24-15/h2-5,9,11H,6-8,10H2,1H3. The predicted molar refractivity (Wildman–Crippen MR) is 97.6 cm³/mol. The van der Waals surface area contributed by atoms with Gasteiger partial charge in [-0.25, -0.2) is 4.39 Å². The molecule has 1 atom stereocenters. The molecular weight excluding hydrogens is 371 g/mol. The lowest BCUT2D eigenvalue weighted by Crippen LogP contribution is -2.15. The minimum absolute atomic E-state index is 0.0511. The zero-order valence-electron chi connectivity index (χ0n) is 14.6. The molecule has 140 valence electrons. The Bertz CT molecular complexity index is 927. The third-order valence-electron chi connectivity index (χ3n) is 4.51. The molecule has 0 aromatic heterocycles. The van der Waals surface area contributed by atoms with Crippen LogP contribution in [-0.4, -0.2) is 30.7 Å². The van der Waals surface area contributed by atoms with E-state index in [1.165, 1.54) is 23.9 Å². The van der Waals surface area contributed by atoms with E-state index in [0.717, 1.165) is 4.90 Å². The first kappa shape index (κ1) is 17.9. The molecule has 2 aromatic rings.